The van der Waals surface area contributed by atoms with E-state index < -0.39 is 10.8 Å². The Labute approximate surface area is 122 Å². The van der Waals surface area contributed by atoms with Crippen LogP contribution in [0.25, 0.3) is 0 Å². The smallest absolute Gasteiger partial charge is 0.0589 e. The highest BCUT2D eigenvalue weighted by molar-refractivity contribution is 7.85. The fraction of sp³-hybridized carbons (Fsp3) is 0.538. The van der Waals surface area contributed by atoms with Crippen molar-refractivity contribution in [2.75, 3.05) is 12.3 Å². The summed E-state index contributed by atoms with van der Waals surface area (Å²) in [6, 6.07) is 5.55. The number of halogens is 2. The molecule has 0 radical (unpaired) electrons. The van der Waals surface area contributed by atoms with Crippen LogP contribution in [0.2, 0.25) is 10.0 Å². The van der Waals surface area contributed by atoms with Gasteiger partial charge in [0, 0.05) is 16.8 Å². The molecular weight excluding hydrogens is 289 g/mol. The molecule has 5 heteroatoms. The summed E-state index contributed by atoms with van der Waals surface area (Å²) in [5, 5.41) is 4.43. The summed E-state index contributed by atoms with van der Waals surface area (Å²) in [5.74, 6) is 0.621. The first-order valence-electron chi connectivity index (χ1n) is 6.11. The van der Waals surface area contributed by atoms with Crippen molar-refractivity contribution < 1.29 is 4.21 Å². The van der Waals surface area contributed by atoms with E-state index in [9.17, 15) is 4.21 Å². The zero-order chi connectivity index (χ0) is 13.5. The Morgan fingerprint density at radius 3 is 2.78 bits per heavy atom. The van der Waals surface area contributed by atoms with Crippen molar-refractivity contribution >= 4 is 34.0 Å². The lowest BCUT2D eigenvalue weighted by molar-refractivity contribution is 0.525. The van der Waals surface area contributed by atoms with E-state index in [-0.39, 0.29) is 0 Å². The molecule has 0 saturated heterocycles. The molecule has 1 rings (SSSR count). The van der Waals surface area contributed by atoms with Crippen LogP contribution in [0.4, 0.5) is 0 Å². The minimum Gasteiger partial charge on any atom is -0.315 e. The Balaban J connectivity index is 2.48. The normalized spacial score (nSPS) is 14.4. The van der Waals surface area contributed by atoms with Gasteiger partial charge in [-0.3, -0.25) is 4.21 Å². The summed E-state index contributed by atoms with van der Waals surface area (Å²) in [6.45, 7) is 5.18. The predicted octanol–water partition coefficient (Wildman–Crippen LogP) is 3.88. The largest absolute Gasteiger partial charge is 0.315 e. The molecule has 0 aromatic heterocycles. The van der Waals surface area contributed by atoms with Crippen LogP contribution in [0.1, 0.15) is 26.7 Å². The molecule has 2 nitrogen and oxygen atoms in total. The van der Waals surface area contributed by atoms with Crippen molar-refractivity contribution in [3.63, 3.8) is 0 Å². The Morgan fingerprint density at radius 1 is 1.39 bits per heavy atom. The molecule has 1 aromatic carbocycles. The first kappa shape index (κ1) is 16.0. The number of hydrogen-bond donors (Lipinski definition) is 1. The van der Waals surface area contributed by atoms with Gasteiger partial charge in [-0.15, -0.1) is 0 Å². The summed E-state index contributed by atoms with van der Waals surface area (Å²) < 4.78 is 12.1. The highest BCUT2D eigenvalue weighted by atomic mass is 35.5. The minimum absolute atomic E-state index is 0.460. The number of rotatable bonds is 7. The third-order valence-corrected chi connectivity index (χ3v) is 4.82. The van der Waals surface area contributed by atoms with E-state index in [4.69, 9.17) is 23.2 Å². The lowest BCUT2D eigenvalue weighted by Crippen LogP contribution is -2.25. The van der Waals surface area contributed by atoms with Crippen LogP contribution >= 0.6 is 23.2 Å². The SMILES string of the molecule is CCNC(C)CCCS(=O)c1cc(Cl)ccc1Cl. The van der Waals surface area contributed by atoms with Crippen molar-refractivity contribution in [1.82, 2.24) is 5.32 Å². The summed E-state index contributed by atoms with van der Waals surface area (Å²) in [4.78, 5) is 0.639. The van der Waals surface area contributed by atoms with Gasteiger partial charge in [-0.1, -0.05) is 30.1 Å². The van der Waals surface area contributed by atoms with Crippen LogP contribution < -0.4 is 5.32 Å². The van der Waals surface area contributed by atoms with E-state index in [0.29, 0.717) is 26.7 Å². The summed E-state index contributed by atoms with van der Waals surface area (Å²) in [7, 11) is -1.07. The van der Waals surface area contributed by atoms with Crippen molar-refractivity contribution in [2.45, 2.75) is 37.6 Å². The Bertz CT molecular complexity index is 412. The zero-order valence-corrected chi connectivity index (χ0v) is 13.0. The zero-order valence-electron chi connectivity index (χ0n) is 10.7. The number of benzene rings is 1. The second-order valence-corrected chi connectivity index (χ2v) is 6.61. The van der Waals surface area contributed by atoms with Gasteiger partial charge in [0.15, 0.2) is 0 Å². The van der Waals surface area contributed by atoms with E-state index in [1.54, 1.807) is 18.2 Å². The molecule has 1 aromatic rings. The van der Waals surface area contributed by atoms with Crippen molar-refractivity contribution in [2.24, 2.45) is 0 Å². The average Bonchev–Trinajstić information content (AvgIpc) is 2.32. The molecule has 102 valence electrons. The lowest BCUT2D eigenvalue weighted by atomic mass is 10.2. The van der Waals surface area contributed by atoms with Gasteiger partial charge in [0.1, 0.15) is 0 Å². The quantitative estimate of drug-likeness (QED) is 0.828. The van der Waals surface area contributed by atoms with Gasteiger partial charge in [-0.25, -0.2) is 0 Å². The monoisotopic (exact) mass is 307 g/mol. The van der Waals surface area contributed by atoms with Crippen LogP contribution in [0.3, 0.4) is 0 Å². The third kappa shape index (κ3) is 5.27. The summed E-state index contributed by atoms with van der Waals surface area (Å²) in [6.07, 6.45) is 1.92. The van der Waals surface area contributed by atoms with Crippen LogP contribution in [0.5, 0.6) is 0 Å². The van der Waals surface area contributed by atoms with E-state index in [1.807, 2.05) is 0 Å². The summed E-state index contributed by atoms with van der Waals surface area (Å²) >= 11 is 11.9. The number of nitrogens with one attached hydrogen (secondary N) is 1. The topological polar surface area (TPSA) is 29.1 Å². The molecule has 0 fully saturated rings. The first-order chi connectivity index (χ1) is 8.54. The van der Waals surface area contributed by atoms with Gasteiger partial charge in [-0.05, 0) is 44.5 Å². The second kappa shape index (κ2) is 8.16. The van der Waals surface area contributed by atoms with Gasteiger partial charge in [-0.2, -0.15) is 0 Å². The predicted molar refractivity (Wildman–Crippen MR) is 80.1 cm³/mol. The molecule has 0 aliphatic heterocycles. The standard InChI is InChI=1S/C13H19Cl2NOS/c1-3-16-10(2)5-4-8-18(17)13-9-11(14)6-7-12(13)15/h6-7,9-10,16H,3-5,8H2,1-2H3. The molecule has 18 heavy (non-hydrogen) atoms. The van der Waals surface area contributed by atoms with Crippen molar-refractivity contribution in [3.8, 4) is 0 Å². The van der Waals surface area contributed by atoms with Gasteiger partial charge < -0.3 is 5.32 Å². The Kier molecular flexibility index (Phi) is 7.23. The van der Waals surface area contributed by atoms with Crippen LogP contribution in [-0.4, -0.2) is 22.5 Å². The lowest BCUT2D eigenvalue weighted by Gasteiger charge is -2.11. The van der Waals surface area contributed by atoms with Crippen molar-refractivity contribution in [1.29, 1.82) is 0 Å². The maximum atomic E-state index is 12.1. The Hall–Kier alpha value is -0.0900. The van der Waals surface area contributed by atoms with Crippen LogP contribution in [-0.2, 0) is 10.8 Å². The minimum atomic E-state index is -1.07. The van der Waals surface area contributed by atoms with Crippen molar-refractivity contribution in [3.05, 3.63) is 28.2 Å². The molecule has 0 aliphatic carbocycles. The van der Waals surface area contributed by atoms with E-state index >= 15 is 0 Å². The van der Waals surface area contributed by atoms with E-state index in [0.717, 1.165) is 19.4 Å². The van der Waals surface area contributed by atoms with E-state index in [1.165, 1.54) is 0 Å². The maximum absolute atomic E-state index is 12.1. The summed E-state index contributed by atoms with van der Waals surface area (Å²) in [5.41, 5.74) is 0. The second-order valence-electron chi connectivity index (χ2n) is 4.23. The highest BCUT2D eigenvalue weighted by Crippen LogP contribution is 2.24. The van der Waals surface area contributed by atoms with Crippen LogP contribution in [0, 0.1) is 0 Å². The number of hydrogen-bond acceptors (Lipinski definition) is 2. The first-order valence-corrected chi connectivity index (χ1v) is 8.19. The molecule has 0 spiro atoms. The fourth-order valence-corrected chi connectivity index (χ4v) is 3.54. The van der Waals surface area contributed by atoms with Gasteiger partial charge in [0.25, 0.3) is 0 Å². The average molecular weight is 308 g/mol. The molecular formula is C13H19Cl2NOS. The molecule has 2 unspecified atom stereocenters. The fourth-order valence-electron chi connectivity index (χ4n) is 1.73. The molecule has 0 heterocycles. The molecule has 0 bridgehead atoms. The molecule has 0 aliphatic rings. The maximum Gasteiger partial charge on any atom is 0.0589 e. The highest BCUT2D eigenvalue weighted by Gasteiger charge is 2.10. The van der Waals surface area contributed by atoms with Gasteiger partial charge in [0.2, 0.25) is 0 Å². The Morgan fingerprint density at radius 2 is 2.11 bits per heavy atom. The molecule has 2 atom stereocenters. The molecule has 0 amide bonds. The van der Waals surface area contributed by atoms with Crippen LogP contribution in [0.15, 0.2) is 23.1 Å². The third-order valence-electron chi connectivity index (χ3n) is 2.66. The van der Waals surface area contributed by atoms with E-state index in [2.05, 4.69) is 19.2 Å². The van der Waals surface area contributed by atoms with Gasteiger partial charge in [0.05, 0.1) is 20.7 Å². The molecule has 0 saturated carbocycles. The van der Waals surface area contributed by atoms with Gasteiger partial charge >= 0.3 is 0 Å². The molecule has 1 N–H and O–H groups in total.